The van der Waals surface area contributed by atoms with E-state index in [1.807, 2.05) is 49.9 Å². The van der Waals surface area contributed by atoms with Gasteiger partial charge in [-0.3, -0.25) is 14.5 Å². The third kappa shape index (κ3) is 6.56. The molecule has 1 amide bonds. The van der Waals surface area contributed by atoms with Crippen molar-refractivity contribution in [2.45, 2.75) is 57.4 Å². The zero-order valence-electron chi connectivity index (χ0n) is 19.0. The van der Waals surface area contributed by atoms with Crippen LogP contribution in [-0.2, 0) is 14.8 Å². The Labute approximate surface area is 191 Å². The van der Waals surface area contributed by atoms with Crippen LogP contribution in [0.5, 0.6) is 0 Å². The van der Waals surface area contributed by atoms with E-state index in [0.717, 1.165) is 30.5 Å². The van der Waals surface area contributed by atoms with Crippen molar-refractivity contribution < 1.29 is 13.2 Å². The Morgan fingerprint density at radius 1 is 1.09 bits per heavy atom. The van der Waals surface area contributed by atoms with Crippen LogP contribution in [0.2, 0.25) is 0 Å². The van der Waals surface area contributed by atoms with E-state index in [1.54, 1.807) is 12.1 Å². The maximum Gasteiger partial charge on any atom is 0.262 e. The lowest BCUT2D eigenvalue weighted by molar-refractivity contribution is -0.115. The number of sulfonamides is 1. The summed E-state index contributed by atoms with van der Waals surface area (Å²) >= 11 is 0. The third-order valence-electron chi connectivity index (χ3n) is 5.36. The van der Waals surface area contributed by atoms with Crippen LogP contribution < -0.4 is 14.9 Å². The first-order valence-electron chi connectivity index (χ1n) is 11.0. The fourth-order valence-corrected chi connectivity index (χ4v) is 4.71. The van der Waals surface area contributed by atoms with Crippen molar-refractivity contribution in [3.05, 3.63) is 54.1 Å². The normalized spacial score (nSPS) is 14.4. The zero-order valence-corrected chi connectivity index (χ0v) is 19.8. The molecule has 0 unspecified atom stereocenters. The van der Waals surface area contributed by atoms with Crippen LogP contribution in [0.1, 0.15) is 45.1 Å². The van der Waals surface area contributed by atoms with E-state index in [1.165, 1.54) is 12.1 Å². The third-order valence-corrected chi connectivity index (χ3v) is 6.74. The van der Waals surface area contributed by atoms with Gasteiger partial charge in [0.1, 0.15) is 5.84 Å². The summed E-state index contributed by atoms with van der Waals surface area (Å²) in [4.78, 5) is 19.2. The first-order chi connectivity index (χ1) is 15.2. The summed E-state index contributed by atoms with van der Waals surface area (Å²) in [6, 6.07) is 14.5. The molecule has 0 atom stereocenters. The molecule has 0 saturated carbocycles. The molecule has 7 nitrogen and oxygen atoms in total. The summed E-state index contributed by atoms with van der Waals surface area (Å²) in [5.41, 5.74) is 2.56. The highest BCUT2D eigenvalue weighted by Crippen LogP contribution is 2.19. The predicted molar refractivity (Wildman–Crippen MR) is 130 cm³/mol. The first-order valence-corrected chi connectivity index (χ1v) is 12.5. The van der Waals surface area contributed by atoms with Gasteiger partial charge in [-0.05, 0) is 63.9 Å². The highest BCUT2D eigenvalue weighted by atomic mass is 32.2. The number of benzene rings is 2. The van der Waals surface area contributed by atoms with E-state index in [2.05, 4.69) is 15.0 Å². The van der Waals surface area contributed by atoms with E-state index < -0.39 is 10.0 Å². The minimum atomic E-state index is -3.76. The molecule has 0 aromatic heterocycles. The Morgan fingerprint density at radius 3 is 2.56 bits per heavy atom. The Bertz CT molecular complexity index is 1060. The fourth-order valence-electron chi connectivity index (χ4n) is 3.58. The summed E-state index contributed by atoms with van der Waals surface area (Å²) < 4.78 is 28.2. The van der Waals surface area contributed by atoms with Crippen LogP contribution in [0.15, 0.2) is 58.4 Å². The number of amidine groups is 1. The van der Waals surface area contributed by atoms with Crippen LogP contribution in [0, 0.1) is 6.92 Å². The highest BCUT2D eigenvalue weighted by molar-refractivity contribution is 7.90. The lowest BCUT2D eigenvalue weighted by Crippen LogP contribution is -2.38. The summed E-state index contributed by atoms with van der Waals surface area (Å²) in [5, 5.41) is 2.83. The van der Waals surface area contributed by atoms with Crippen LogP contribution in [0.3, 0.4) is 0 Å². The molecule has 8 heteroatoms. The Morgan fingerprint density at radius 2 is 1.84 bits per heavy atom. The molecule has 172 valence electrons. The number of carbonyl (C=O) groups excluding carboxylic acids is 1. The standard InChI is InChI=1S/C24H32N4O3S/c1-18(2)28(21-13-11-19(3)12-14-21)17-24(29)26-20-8-7-9-22(16-20)32(30,31)27-23-10-5-4-6-15-25-23/h7-9,11-14,16,18H,4-6,10,15,17H2,1-3H3,(H,25,27)(H,26,29). The van der Waals surface area contributed by atoms with Crippen molar-refractivity contribution in [3.8, 4) is 0 Å². The highest BCUT2D eigenvalue weighted by Gasteiger charge is 2.19. The van der Waals surface area contributed by atoms with Gasteiger partial charge < -0.3 is 10.2 Å². The molecular weight excluding hydrogens is 424 g/mol. The van der Waals surface area contributed by atoms with E-state index in [0.29, 0.717) is 24.5 Å². The van der Waals surface area contributed by atoms with E-state index in [4.69, 9.17) is 0 Å². The van der Waals surface area contributed by atoms with Crippen LogP contribution in [0.25, 0.3) is 0 Å². The lowest BCUT2D eigenvalue weighted by atomic mass is 10.2. The monoisotopic (exact) mass is 456 g/mol. The molecule has 1 aliphatic heterocycles. The predicted octanol–water partition coefficient (Wildman–Crippen LogP) is 4.10. The number of anilines is 2. The van der Waals surface area contributed by atoms with Gasteiger partial charge in [0, 0.05) is 30.4 Å². The Hall–Kier alpha value is -2.87. The lowest BCUT2D eigenvalue weighted by Gasteiger charge is -2.28. The number of amides is 1. The van der Waals surface area contributed by atoms with Crippen molar-refractivity contribution in [3.63, 3.8) is 0 Å². The molecule has 0 radical (unpaired) electrons. The van der Waals surface area contributed by atoms with Gasteiger partial charge in [-0.15, -0.1) is 0 Å². The summed E-state index contributed by atoms with van der Waals surface area (Å²) in [5.74, 6) is 0.289. The SMILES string of the molecule is Cc1ccc(N(CC(=O)Nc2cccc(S(=O)(=O)NC3=NCCCCC3)c2)C(C)C)cc1. The number of hydrogen-bond donors (Lipinski definition) is 2. The molecule has 2 aromatic carbocycles. The summed E-state index contributed by atoms with van der Waals surface area (Å²) in [7, 11) is -3.76. The Kier molecular flexibility index (Phi) is 7.90. The molecule has 0 aliphatic carbocycles. The molecule has 1 heterocycles. The van der Waals surface area contributed by atoms with Crippen LogP contribution in [-0.4, -0.2) is 39.3 Å². The molecular formula is C24H32N4O3S. The van der Waals surface area contributed by atoms with Gasteiger partial charge in [0.25, 0.3) is 10.0 Å². The van der Waals surface area contributed by atoms with Gasteiger partial charge in [0.05, 0.1) is 11.4 Å². The summed E-state index contributed by atoms with van der Waals surface area (Å²) in [6.07, 6.45) is 3.57. The van der Waals surface area contributed by atoms with E-state index in [9.17, 15) is 13.2 Å². The van der Waals surface area contributed by atoms with Gasteiger partial charge in [0.2, 0.25) is 5.91 Å². The van der Waals surface area contributed by atoms with Crippen LogP contribution in [0.4, 0.5) is 11.4 Å². The van der Waals surface area contributed by atoms with Gasteiger partial charge >= 0.3 is 0 Å². The maximum absolute atomic E-state index is 12.8. The molecule has 0 fully saturated rings. The van der Waals surface area contributed by atoms with Gasteiger partial charge in [-0.1, -0.05) is 30.2 Å². The quantitative estimate of drug-likeness (QED) is 0.656. The minimum Gasteiger partial charge on any atom is -0.360 e. The fraction of sp³-hybridized carbons (Fsp3) is 0.417. The molecule has 2 N–H and O–H groups in total. The topological polar surface area (TPSA) is 90.9 Å². The second-order valence-corrected chi connectivity index (χ2v) is 10.1. The molecule has 0 bridgehead atoms. The number of rotatable bonds is 7. The number of nitrogens with one attached hydrogen (secondary N) is 2. The minimum absolute atomic E-state index is 0.0986. The molecule has 0 saturated heterocycles. The van der Waals surface area contributed by atoms with Crippen molar-refractivity contribution in [2.75, 3.05) is 23.3 Å². The van der Waals surface area contributed by atoms with Gasteiger partial charge in [-0.2, -0.15) is 0 Å². The molecule has 0 spiro atoms. The van der Waals surface area contributed by atoms with Crippen molar-refractivity contribution in [1.82, 2.24) is 4.72 Å². The molecule has 32 heavy (non-hydrogen) atoms. The second-order valence-electron chi connectivity index (χ2n) is 8.38. The second kappa shape index (κ2) is 10.6. The largest absolute Gasteiger partial charge is 0.360 e. The van der Waals surface area contributed by atoms with Crippen molar-refractivity contribution >= 4 is 33.1 Å². The first kappa shape index (κ1) is 23.8. The van der Waals surface area contributed by atoms with Crippen molar-refractivity contribution in [1.29, 1.82) is 0 Å². The summed E-state index contributed by atoms with van der Waals surface area (Å²) in [6.45, 7) is 6.88. The Balaban J connectivity index is 1.69. The zero-order chi connectivity index (χ0) is 23.1. The van der Waals surface area contributed by atoms with Crippen LogP contribution >= 0.6 is 0 Å². The number of carbonyl (C=O) groups is 1. The average Bonchev–Trinajstić information content (AvgIpc) is 3.01. The van der Waals surface area contributed by atoms with Gasteiger partial charge in [-0.25, -0.2) is 8.42 Å². The molecule has 3 rings (SSSR count). The molecule has 1 aliphatic rings. The maximum atomic E-state index is 12.8. The van der Waals surface area contributed by atoms with Crippen molar-refractivity contribution in [2.24, 2.45) is 4.99 Å². The number of nitrogens with zero attached hydrogens (tertiary/aromatic N) is 2. The number of hydrogen-bond acceptors (Lipinski definition) is 5. The number of aryl methyl sites for hydroxylation is 1. The van der Waals surface area contributed by atoms with Gasteiger partial charge in [0.15, 0.2) is 0 Å². The average molecular weight is 457 g/mol. The smallest absolute Gasteiger partial charge is 0.262 e. The molecule has 2 aromatic rings. The van der Waals surface area contributed by atoms with E-state index in [-0.39, 0.29) is 23.4 Å². The number of aliphatic imine (C=N–C) groups is 1. The van der Waals surface area contributed by atoms with E-state index >= 15 is 0 Å².